The first-order valence-electron chi connectivity index (χ1n) is 4.38. The van der Waals surface area contributed by atoms with Gasteiger partial charge >= 0.3 is 11.9 Å². The Kier molecular flexibility index (Phi) is 3.26. The van der Waals surface area contributed by atoms with Crippen molar-refractivity contribution in [3.8, 4) is 0 Å². The molecule has 1 aliphatic carbocycles. The molecule has 1 aliphatic rings. The monoisotopic (exact) mass is 211 g/mol. The number of hydrogen-bond acceptors (Lipinski definition) is 5. The Morgan fingerprint density at radius 2 is 2.07 bits per heavy atom. The molecule has 1 rings (SSSR count). The molecule has 0 aromatic rings. The first-order valence-corrected chi connectivity index (χ1v) is 4.38. The summed E-state index contributed by atoms with van der Waals surface area (Å²) >= 11 is 0. The van der Waals surface area contributed by atoms with Crippen molar-refractivity contribution in [2.24, 2.45) is 5.73 Å². The van der Waals surface area contributed by atoms with Crippen molar-refractivity contribution >= 4 is 11.9 Å². The van der Waals surface area contributed by atoms with Crippen molar-refractivity contribution in [3.05, 3.63) is 23.8 Å². The van der Waals surface area contributed by atoms with Crippen LogP contribution in [0.1, 0.15) is 6.42 Å². The van der Waals surface area contributed by atoms with Crippen molar-refractivity contribution in [3.63, 3.8) is 0 Å². The molecule has 0 aliphatic heterocycles. The Bertz CT molecular complexity index is 345. The molecule has 1 atom stereocenters. The van der Waals surface area contributed by atoms with Crippen molar-refractivity contribution in [1.29, 1.82) is 0 Å². The first kappa shape index (κ1) is 11.5. The minimum absolute atomic E-state index is 0.223. The Morgan fingerprint density at radius 1 is 1.40 bits per heavy atom. The number of nitrogens with two attached hydrogens (primary N) is 1. The van der Waals surface area contributed by atoms with E-state index in [4.69, 9.17) is 5.73 Å². The van der Waals surface area contributed by atoms with E-state index in [1.807, 2.05) is 0 Å². The Hall–Kier alpha value is -1.62. The number of carbonyl (C=O) groups excluding carboxylic acids is 2. The van der Waals surface area contributed by atoms with Gasteiger partial charge in [-0.15, -0.1) is 0 Å². The normalized spacial score (nSPS) is 24.3. The van der Waals surface area contributed by atoms with Gasteiger partial charge < -0.3 is 15.2 Å². The molecule has 0 bridgehead atoms. The summed E-state index contributed by atoms with van der Waals surface area (Å²) in [5, 5.41) is 0. The van der Waals surface area contributed by atoms with Crippen LogP contribution >= 0.6 is 0 Å². The third-order valence-corrected chi connectivity index (χ3v) is 2.21. The van der Waals surface area contributed by atoms with Gasteiger partial charge in [-0.25, -0.2) is 9.59 Å². The predicted molar refractivity (Wildman–Crippen MR) is 52.8 cm³/mol. The summed E-state index contributed by atoms with van der Waals surface area (Å²) in [6.45, 7) is 0. The summed E-state index contributed by atoms with van der Waals surface area (Å²) < 4.78 is 9.08. The second-order valence-electron chi connectivity index (χ2n) is 3.22. The highest BCUT2D eigenvalue weighted by Crippen LogP contribution is 2.20. The molecule has 0 aromatic carbocycles. The van der Waals surface area contributed by atoms with Gasteiger partial charge in [-0.2, -0.15) is 0 Å². The lowest BCUT2D eigenvalue weighted by Crippen LogP contribution is -2.47. The van der Waals surface area contributed by atoms with Crippen molar-refractivity contribution in [2.75, 3.05) is 14.2 Å². The Balaban J connectivity index is 2.79. The van der Waals surface area contributed by atoms with E-state index in [-0.39, 0.29) is 6.42 Å². The van der Waals surface area contributed by atoms with E-state index in [2.05, 4.69) is 9.47 Å². The lowest BCUT2D eigenvalue weighted by molar-refractivity contribution is -0.145. The molecule has 0 heterocycles. The van der Waals surface area contributed by atoms with Crippen LogP contribution in [0.4, 0.5) is 0 Å². The zero-order valence-electron chi connectivity index (χ0n) is 8.65. The van der Waals surface area contributed by atoms with Crippen LogP contribution in [0, 0.1) is 0 Å². The Labute approximate surface area is 87.5 Å². The van der Waals surface area contributed by atoms with Crippen LogP contribution in [-0.2, 0) is 19.1 Å². The minimum atomic E-state index is -1.17. The van der Waals surface area contributed by atoms with Crippen LogP contribution in [-0.4, -0.2) is 31.7 Å². The highest BCUT2D eigenvalue weighted by atomic mass is 16.5. The molecule has 1 unspecified atom stereocenters. The summed E-state index contributed by atoms with van der Waals surface area (Å²) in [7, 11) is 2.56. The second kappa shape index (κ2) is 4.27. The van der Waals surface area contributed by atoms with Crippen molar-refractivity contribution in [1.82, 2.24) is 0 Å². The largest absolute Gasteiger partial charge is 0.467 e. The molecule has 15 heavy (non-hydrogen) atoms. The molecule has 0 saturated carbocycles. The number of ether oxygens (including phenoxy) is 2. The van der Waals surface area contributed by atoms with Crippen LogP contribution in [0.2, 0.25) is 0 Å². The van der Waals surface area contributed by atoms with Crippen LogP contribution in [0.15, 0.2) is 23.8 Å². The fourth-order valence-electron chi connectivity index (χ4n) is 1.26. The molecule has 2 N–H and O–H groups in total. The van der Waals surface area contributed by atoms with E-state index >= 15 is 0 Å². The smallest absolute Gasteiger partial charge is 0.337 e. The molecule has 82 valence electrons. The lowest BCUT2D eigenvalue weighted by Gasteiger charge is -2.24. The molecular weight excluding hydrogens is 198 g/mol. The maximum atomic E-state index is 11.3. The lowest BCUT2D eigenvalue weighted by atomic mass is 9.90. The van der Waals surface area contributed by atoms with Gasteiger partial charge in [0.25, 0.3) is 0 Å². The molecule has 0 amide bonds. The number of rotatable bonds is 2. The van der Waals surface area contributed by atoms with Gasteiger partial charge in [-0.3, -0.25) is 0 Å². The summed E-state index contributed by atoms with van der Waals surface area (Å²) in [6.07, 6.45) is 4.70. The third kappa shape index (κ3) is 2.24. The maximum Gasteiger partial charge on any atom is 0.337 e. The number of esters is 2. The zero-order valence-corrected chi connectivity index (χ0v) is 8.65. The van der Waals surface area contributed by atoms with Crippen molar-refractivity contribution < 1.29 is 19.1 Å². The predicted octanol–water partition coefficient (Wildman–Crippen LogP) is -0.0838. The van der Waals surface area contributed by atoms with Gasteiger partial charge in [0.05, 0.1) is 19.8 Å². The average molecular weight is 211 g/mol. The highest BCUT2D eigenvalue weighted by Gasteiger charge is 2.33. The van der Waals surface area contributed by atoms with Crippen LogP contribution < -0.4 is 5.73 Å². The van der Waals surface area contributed by atoms with E-state index in [0.717, 1.165) is 0 Å². The molecule has 0 saturated heterocycles. The summed E-state index contributed by atoms with van der Waals surface area (Å²) in [6, 6.07) is 0. The molecule has 5 heteroatoms. The number of carbonyl (C=O) groups is 2. The summed E-state index contributed by atoms with van der Waals surface area (Å²) in [5.41, 5.74) is 4.98. The van der Waals surface area contributed by atoms with E-state index < -0.39 is 17.5 Å². The number of hydrogen-bond donors (Lipinski definition) is 1. The van der Waals surface area contributed by atoms with E-state index in [1.165, 1.54) is 26.4 Å². The average Bonchev–Trinajstić information content (AvgIpc) is 2.28. The van der Waals surface area contributed by atoms with E-state index in [9.17, 15) is 9.59 Å². The molecule has 0 fully saturated rings. The molecular formula is C10H13NO4. The third-order valence-electron chi connectivity index (χ3n) is 2.21. The van der Waals surface area contributed by atoms with Gasteiger partial charge in [0.1, 0.15) is 5.54 Å². The minimum Gasteiger partial charge on any atom is -0.467 e. The number of methoxy groups -OCH3 is 2. The van der Waals surface area contributed by atoms with Gasteiger partial charge in [-0.1, -0.05) is 12.2 Å². The van der Waals surface area contributed by atoms with Crippen LogP contribution in [0.25, 0.3) is 0 Å². The molecule has 0 radical (unpaired) electrons. The SMILES string of the molecule is COC(=O)C1=CCC(N)(C(=O)OC)C=C1. The molecule has 0 aromatic heterocycles. The summed E-state index contributed by atoms with van der Waals surface area (Å²) in [4.78, 5) is 22.4. The van der Waals surface area contributed by atoms with Crippen molar-refractivity contribution in [2.45, 2.75) is 12.0 Å². The van der Waals surface area contributed by atoms with Crippen LogP contribution in [0.5, 0.6) is 0 Å². The van der Waals surface area contributed by atoms with Gasteiger partial charge in [0.15, 0.2) is 0 Å². The van der Waals surface area contributed by atoms with E-state index in [0.29, 0.717) is 5.57 Å². The molecule has 5 nitrogen and oxygen atoms in total. The second-order valence-corrected chi connectivity index (χ2v) is 3.22. The zero-order chi connectivity index (χ0) is 11.5. The molecule has 0 spiro atoms. The quantitative estimate of drug-likeness (QED) is 0.646. The fourth-order valence-corrected chi connectivity index (χ4v) is 1.26. The van der Waals surface area contributed by atoms with Gasteiger partial charge in [0, 0.05) is 0 Å². The first-order chi connectivity index (χ1) is 7.03. The fraction of sp³-hybridized carbons (Fsp3) is 0.400. The maximum absolute atomic E-state index is 11.3. The topological polar surface area (TPSA) is 78.6 Å². The Morgan fingerprint density at radius 3 is 2.47 bits per heavy atom. The summed E-state index contributed by atoms with van der Waals surface area (Å²) in [5.74, 6) is -0.975. The van der Waals surface area contributed by atoms with Crippen LogP contribution in [0.3, 0.4) is 0 Å². The highest BCUT2D eigenvalue weighted by molar-refractivity contribution is 5.93. The van der Waals surface area contributed by atoms with Gasteiger partial charge in [0.2, 0.25) is 0 Å². The standard InChI is InChI=1S/C10H13NO4/c1-14-8(12)7-3-5-10(11,6-4-7)9(13)15-2/h3-5H,6,11H2,1-2H3. The van der Waals surface area contributed by atoms with E-state index in [1.54, 1.807) is 6.08 Å². The van der Waals surface area contributed by atoms with Gasteiger partial charge in [-0.05, 0) is 12.5 Å².